The third-order valence-electron chi connectivity index (χ3n) is 0.118. The van der Waals surface area contributed by atoms with Gasteiger partial charge in [0.25, 0.3) is 0 Å². The van der Waals surface area contributed by atoms with Crippen LogP contribution in [0.5, 0.6) is 0 Å². The summed E-state index contributed by atoms with van der Waals surface area (Å²) < 4.78 is 0. The van der Waals surface area contributed by atoms with Crippen molar-refractivity contribution in [2.75, 3.05) is 7.11 Å². The minimum Gasteiger partial charge on any atom is -0.416 e. The average Bonchev–Trinajstić information content (AvgIpc) is 1.37. The fourth-order valence-electron chi connectivity index (χ4n) is 0. The van der Waals surface area contributed by atoms with Crippen molar-refractivity contribution >= 4 is 0 Å². The van der Waals surface area contributed by atoms with Crippen molar-refractivity contribution in [3.8, 4) is 0 Å². The summed E-state index contributed by atoms with van der Waals surface area (Å²) in [6.07, 6.45) is 0. The fourth-order valence-corrected chi connectivity index (χ4v) is 0. The van der Waals surface area contributed by atoms with Crippen molar-refractivity contribution in [3.63, 3.8) is 0 Å². The molecule has 0 atom stereocenters. The average molecular weight is 328 g/mol. The predicted octanol–water partition coefficient (Wildman–Crippen LogP) is 0.356. The molecule has 28 valence electrons. The second-order valence-corrected chi connectivity index (χ2v) is 0.285. The maximum Gasteiger partial charge on any atom is 0.0677 e. The van der Waals surface area contributed by atoms with Gasteiger partial charge in [0.2, 0.25) is 0 Å². The van der Waals surface area contributed by atoms with E-state index in [1.807, 2.05) is 0 Å². The van der Waals surface area contributed by atoms with Gasteiger partial charge >= 0.3 is 0 Å². The quantitative estimate of drug-likeness (QED) is 0.393. The molecule has 0 saturated heterocycles. The van der Waals surface area contributed by atoms with E-state index in [1.165, 1.54) is 7.11 Å². The molecule has 0 N–H and O–H groups in total. The zero-order chi connectivity index (χ0) is 3.41. The zero-order valence-corrected chi connectivity index (χ0v) is 9.63. The molecule has 0 heterocycles. The Bertz CT molecular complexity index is 9.61. The summed E-state index contributed by atoms with van der Waals surface area (Å²) in [7, 11) is 4.28. The van der Waals surface area contributed by atoms with Crippen molar-refractivity contribution in [1.29, 1.82) is 0 Å². The van der Waals surface area contributed by atoms with Crippen LogP contribution >= 0.6 is 0 Å². The monoisotopic (exact) mass is 328 g/mol. The molecular weight excluding hydrogens is 323 g/mol. The molecule has 3 heteroatoms. The standard InChI is InChI=1S/C2H5O2.Rf/c1-3-4-2;/h1H2,2H3;/q-1;. The number of hydrogen-bond acceptors (Lipinski definition) is 2. The Balaban J connectivity index is 0. The normalized spacial score (nSPS) is 6.00. The summed E-state index contributed by atoms with van der Waals surface area (Å²) in [5.41, 5.74) is 0. The second kappa shape index (κ2) is 12.7. The summed E-state index contributed by atoms with van der Waals surface area (Å²) in [6, 6.07) is 0. The maximum absolute atomic E-state index is 3.93. The van der Waals surface area contributed by atoms with Gasteiger partial charge in [-0.25, -0.2) is 0 Å². The molecule has 0 aromatic carbocycles. The Hall–Kier alpha value is -1.08. The molecule has 2 nitrogen and oxygen atoms in total. The van der Waals surface area contributed by atoms with Gasteiger partial charge in [-0.1, -0.05) is 0 Å². The summed E-state index contributed by atoms with van der Waals surface area (Å²) in [5, 5.41) is 0. The van der Waals surface area contributed by atoms with Crippen LogP contribution in [0.4, 0.5) is 0 Å². The Labute approximate surface area is 25.3 Å². The Kier molecular flexibility index (Phi) is 23.1. The largest absolute Gasteiger partial charge is 0.416 e. The van der Waals surface area contributed by atoms with E-state index in [2.05, 4.69) is 16.9 Å². The smallest absolute Gasteiger partial charge is 0.0677 e. The number of rotatable bonds is 1. The molecule has 0 aliphatic heterocycles. The minimum absolute atomic E-state index is 0. The van der Waals surface area contributed by atoms with Crippen LogP contribution in [0.1, 0.15) is 0 Å². The fraction of sp³-hybridized carbons (Fsp3) is 0.500. The van der Waals surface area contributed by atoms with Crippen LogP contribution < -0.4 is 0 Å². The first-order valence-electron chi connectivity index (χ1n) is 0.864. The van der Waals surface area contributed by atoms with Crippen molar-refractivity contribution < 1.29 is 9.78 Å². The minimum atomic E-state index is 0. The van der Waals surface area contributed by atoms with Crippen LogP contribution in [0, 0.1) is 7.11 Å². The van der Waals surface area contributed by atoms with Gasteiger partial charge in [-0.15, -0.1) is 0 Å². The van der Waals surface area contributed by atoms with E-state index < -0.39 is 0 Å². The van der Waals surface area contributed by atoms with Gasteiger partial charge in [-0.05, 0) is 0 Å². The number of hydrogen-bond donors (Lipinski definition) is 0. The van der Waals surface area contributed by atoms with Crippen LogP contribution in [-0.2, 0) is 9.78 Å². The Morgan fingerprint density at radius 1 is 1.60 bits per heavy atom. The molecule has 0 bridgehead atoms. The molecule has 0 radical (unpaired) electrons. The summed E-state index contributed by atoms with van der Waals surface area (Å²) in [5.74, 6) is 0. The van der Waals surface area contributed by atoms with E-state index in [0.717, 1.165) is 0 Å². The summed E-state index contributed by atoms with van der Waals surface area (Å²) in [6.45, 7) is 0. The Morgan fingerprint density at radius 3 is 1.80 bits per heavy atom. The first-order valence-corrected chi connectivity index (χ1v) is 0.864. The Morgan fingerprint density at radius 2 is 1.80 bits per heavy atom. The first kappa shape index (κ1) is 9.07. The van der Waals surface area contributed by atoms with Gasteiger partial charge in [0.05, 0.1) is 7.11 Å². The van der Waals surface area contributed by atoms with Crippen molar-refractivity contribution in [2.24, 2.45) is 0 Å². The van der Waals surface area contributed by atoms with Crippen molar-refractivity contribution in [3.05, 3.63) is 7.11 Å². The summed E-state index contributed by atoms with van der Waals surface area (Å²) in [4.78, 5) is 7.72. The van der Waals surface area contributed by atoms with Gasteiger partial charge in [0.15, 0.2) is 0 Å². The topological polar surface area (TPSA) is 18.5 Å². The van der Waals surface area contributed by atoms with Gasteiger partial charge in [-0.3, -0.25) is 4.89 Å². The predicted molar refractivity (Wildman–Crippen MR) is 13.5 cm³/mol. The van der Waals surface area contributed by atoms with Crippen molar-refractivity contribution in [2.45, 2.75) is 0 Å². The van der Waals surface area contributed by atoms with Crippen molar-refractivity contribution in [1.82, 2.24) is 0 Å². The third-order valence-corrected chi connectivity index (χ3v) is 0.118. The van der Waals surface area contributed by atoms with Gasteiger partial charge in [0, 0.05) is 0 Å². The molecule has 0 fully saturated rings. The second-order valence-electron chi connectivity index (χ2n) is 0.285. The van der Waals surface area contributed by atoms with Crippen LogP contribution in [0.3, 0.4) is 0 Å². The molecule has 0 unspecified atom stereocenters. The zero-order valence-electron chi connectivity index (χ0n) is 3.23. The molecule has 0 aliphatic rings. The van der Waals surface area contributed by atoms with Crippen LogP contribution in [0.15, 0.2) is 0 Å². The SMILES string of the molecule is [CH2-]OOC.[Rf]. The van der Waals surface area contributed by atoms with E-state index in [4.69, 9.17) is 0 Å². The molecular formula is C2H5O2Rf-. The van der Waals surface area contributed by atoms with Crippen LogP contribution in [0.25, 0.3) is 0 Å². The van der Waals surface area contributed by atoms with Crippen LogP contribution in [0.2, 0.25) is 0 Å². The molecule has 5 heavy (non-hydrogen) atoms. The molecule has 0 amide bonds. The van der Waals surface area contributed by atoms with E-state index >= 15 is 0 Å². The van der Waals surface area contributed by atoms with Crippen LogP contribution in [-0.4, -0.2) is 7.11 Å². The summed E-state index contributed by atoms with van der Waals surface area (Å²) >= 11 is 0. The van der Waals surface area contributed by atoms with E-state index in [1.54, 1.807) is 0 Å². The van der Waals surface area contributed by atoms with E-state index in [9.17, 15) is 0 Å². The van der Waals surface area contributed by atoms with E-state index in [0.29, 0.717) is 0 Å². The molecule has 0 saturated carbocycles. The maximum atomic E-state index is 3.93. The molecule has 0 aliphatic carbocycles. The first-order chi connectivity index (χ1) is 1.91. The molecule has 0 aromatic heterocycles. The van der Waals surface area contributed by atoms with Gasteiger partial charge in [-0.2, -0.15) is 7.11 Å². The van der Waals surface area contributed by atoms with Gasteiger partial charge in [0.1, 0.15) is 0 Å². The van der Waals surface area contributed by atoms with Gasteiger partial charge < -0.3 is 4.89 Å². The molecule has 0 aromatic rings. The van der Waals surface area contributed by atoms with E-state index in [-0.39, 0.29) is 0 Å². The third kappa shape index (κ3) is 386. The molecule has 0 rings (SSSR count). The molecule has 0 spiro atoms.